The summed E-state index contributed by atoms with van der Waals surface area (Å²) in [6, 6.07) is 11.8. The molecule has 10 heteroatoms. The average molecular weight is 511 g/mol. The minimum absolute atomic E-state index is 0.0662. The number of carbonyl (C=O) groups excluding carboxylic acids is 1. The lowest BCUT2D eigenvalue weighted by Gasteiger charge is -2.25. The number of benzene rings is 2. The number of methoxy groups -OCH3 is 2. The zero-order valence-corrected chi connectivity index (χ0v) is 21.3. The van der Waals surface area contributed by atoms with Gasteiger partial charge in [0, 0.05) is 18.2 Å². The molecule has 1 aromatic heterocycles. The summed E-state index contributed by atoms with van der Waals surface area (Å²) in [6.45, 7) is 0.650. The van der Waals surface area contributed by atoms with Crippen molar-refractivity contribution in [3.63, 3.8) is 0 Å². The first-order valence-electron chi connectivity index (χ1n) is 12.1. The van der Waals surface area contributed by atoms with Crippen LogP contribution in [-0.4, -0.2) is 47.4 Å². The molecular formula is C26H30N4O5S. The first kappa shape index (κ1) is 24.3. The highest BCUT2D eigenvalue weighted by Crippen LogP contribution is 2.38. The van der Waals surface area contributed by atoms with Crippen molar-refractivity contribution in [2.24, 2.45) is 0 Å². The number of carbonyl (C=O) groups is 1. The lowest BCUT2D eigenvalue weighted by atomic mass is 9.95. The fraction of sp³-hybridized carbons (Fsp3) is 0.423. The third-order valence-corrected chi connectivity index (χ3v) is 7.45. The average Bonchev–Trinajstić information content (AvgIpc) is 3.57. The second-order valence-corrected chi connectivity index (χ2v) is 9.73. The normalized spacial score (nSPS) is 15.1. The zero-order chi connectivity index (χ0) is 24.9. The highest BCUT2D eigenvalue weighted by molar-refractivity contribution is 7.99. The van der Waals surface area contributed by atoms with E-state index < -0.39 is 0 Å². The van der Waals surface area contributed by atoms with Gasteiger partial charge in [0.15, 0.2) is 34.0 Å². The maximum absolute atomic E-state index is 12.7. The number of rotatable bonds is 9. The Morgan fingerprint density at radius 2 is 1.83 bits per heavy atom. The maximum Gasteiger partial charge on any atom is 0.231 e. The summed E-state index contributed by atoms with van der Waals surface area (Å²) in [5, 5.41) is 12.8. The number of nitrogens with one attached hydrogen (secondary N) is 1. The minimum atomic E-state index is -0.0662. The fourth-order valence-corrected chi connectivity index (χ4v) is 5.48. The van der Waals surface area contributed by atoms with Crippen LogP contribution in [0, 0.1) is 0 Å². The number of ether oxygens (including phenoxy) is 4. The van der Waals surface area contributed by atoms with E-state index in [9.17, 15) is 4.79 Å². The van der Waals surface area contributed by atoms with E-state index in [0.717, 1.165) is 40.7 Å². The van der Waals surface area contributed by atoms with Crippen LogP contribution in [0.2, 0.25) is 0 Å². The Kier molecular flexibility index (Phi) is 7.50. The predicted molar refractivity (Wildman–Crippen MR) is 136 cm³/mol. The lowest BCUT2D eigenvalue weighted by Crippen LogP contribution is -2.25. The Labute approximate surface area is 214 Å². The van der Waals surface area contributed by atoms with Crippen LogP contribution < -0.4 is 24.3 Å². The van der Waals surface area contributed by atoms with Crippen molar-refractivity contribution in [3.8, 4) is 34.4 Å². The molecule has 2 aromatic carbocycles. The van der Waals surface area contributed by atoms with Crippen LogP contribution in [0.4, 0.5) is 0 Å². The quantitative estimate of drug-likeness (QED) is 0.417. The van der Waals surface area contributed by atoms with Crippen molar-refractivity contribution in [3.05, 3.63) is 42.0 Å². The monoisotopic (exact) mass is 510 g/mol. The first-order valence-corrected chi connectivity index (χ1v) is 13.1. The molecule has 1 amide bonds. The molecule has 0 bridgehead atoms. The summed E-state index contributed by atoms with van der Waals surface area (Å²) < 4.78 is 23.9. The highest BCUT2D eigenvalue weighted by Gasteiger charge is 2.25. The molecule has 190 valence electrons. The number of thioether (sulfide) groups is 1. The van der Waals surface area contributed by atoms with Gasteiger partial charge in [0.1, 0.15) is 0 Å². The van der Waals surface area contributed by atoms with Gasteiger partial charge in [-0.15, -0.1) is 10.2 Å². The van der Waals surface area contributed by atoms with Crippen LogP contribution in [0.3, 0.4) is 0 Å². The van der Waals surface area contributed by atoms with E-state index in [1.165, 1.54) is 31.0 Å². The van der Waals surface area contributed by atoms with Crippen LogP contribution in [0.5, 0.6) is 23.0 Å². The molecule has 2 heterocycles. The molecular weight excluding hydrogens is 480 g/mol. The number of aromatic nitrogens is 3. The molecule has 1 N–H and O–H groups in total. The molecule has 1 aliphatic heterocycles. The summed E-state index contributed by atoms with van der Waals surface area (Å²) >= 11 is 1.41. The molecule has 3 aromatic rings. The molecule has 0 spiro atoms. The SMILES string of the molecule is COc1ccc(-c2nnc(SCC(=O)NCc3ccc4c(c3)OCO4)n2C2CCCCC2)cc1OC. The Morgan fingerprint density at radius 3 is 2.64 bits per heavy atom. The molecule has 0 unspecified atom stereocenters. The zero-order valence-electron chi connectivity index (χ0n) is 20.5. The second-order valence-electron chi connectivity index (χ2n) is 8.79. The Balaban J connectivity index is 1.30. The first-order chi connectivity index (χ1) is 17.7. The molecule has 0 radical (unpaired) electrons. The van der Waals surface area contributed by atoms with Gasteiger partial charge in [-0.2, -0.15) is 0 Å². The standard InChI is InChI=1S/C26H30N4O5S/c1-32-20-11-9-18(13-22(20)33-2)25-28-29-26(30(25)19-6-4-3-5-7-19)36-15-24(31)27-14-17-8-10-21-23(12-17)35-16-34-21/h8-13,19H,3-7,14-16H2,1-2H3,(H,27,31). The van der Waals surface area contributed by atoms with Gasteiger partial charge in [-0.05, 0) is 48.7 Å². The number of hydrogen-bond acceptors (Lipinski definition) is 8. The third-order valence-electron chi connectivity index (χ3n) is 6.51. The van der Waals surface area contributed by atoms with Crippen LogP contribution in [-0.2, 0) is 11.3 Å². The van der Waals surface area contributed by atoms with Gasteiger partial charge < -0.3 is 24.3 Å². The number of hydrogen-bond donors (Lipinski definition) is 1. The fourth-order valence-electron chi connectivity index (χ4n) is 4.65. The number of nitrogens with zero attached hydrogens (tertiary/aromatic N) is 3. The molecule has 1 aliphatic carbocycles. The number of amides is 1. The van der Waals surface area contributed by atoms with Gasteiger partial charge in [0.2, 0.25) is 12.7 Å². The van der Waals surface area contributed by atoms with Gasteiger partial charge in [0.25, 0.3) is 0 Å². The van der Waals surface area contributed by atoms with Crippen molar-refractivity contribution in [2.75, 3.05) is 26.8 Å². The molecule has 0 saturated heterocycles. The van der Waals surface area contributed by atoms with Crippen molar-refractivity contribution >= 4 is 17.7 Å². The van der Waals surface area contributed by atoms with E-state index in [4.69, 9.17) is 18.9 Å². The molecule has 9 nitrogen and oxygen atoms in total. The van der Waals surface area contributed by atoms with E-state index in [0.29, 0.717) is 29.8 Å². The summed E-state index contributed by atoms with van der Waals surface area (Å²) in [5.74, 6) is 3.72. The molecule has 1 fully saturated rings. The Hall–Kier alpha value is -3.40. The Morgan fingerprint density at radius 1 is 1.03 bits per heavy atom. The lowest BCUT2D eigenvalue weighted by molar-refractivity contribution is -0.118. The number of fused-ring (bicyclic) bond motifs is 1. The van der Waals surface area contributed by atoms with Gasteiger partial charge >= 0.3 is 0 Å². The molecule has 5 rings (SSSR count). The van der Waals surface area contributed by atoms with Gasteiger partial charge in [-0.3, -0.25) is 9.36 Å². The van der Waals surface area contributed by atoms with Crippen molar-refractivity contribution in [1.29, 1.82) is 0 Å². The summed E-state index contributed by atoms with van der Waals surface area (Å²) in [4.78, 5) is 12.7. The van der Waals surface area contributed by atoms with Gasteiger partial charge in [-0.25, -0.2) is 0 Å². The van der Waals surface area contributed by atoms with E-state index in [-0.39, 0.29) is 18.5 Å². The van der Waals surface area contributed by atoms with Gasteiger partial charge in [-0.1, -0.05) is 37.1 Å². The smallest absolute Gasteiger partial charge is 0.231 e. The minimum Gasteiger partial charge on any atom is -0.493 e. The molecule has 2 aliphatic rings. The van der Waals surface area contributed by atoms with E-state index in [1.807, 2.05) is 36.4 Å². The van der Waals surface area contributed by atoms with Crippen LogP contribution in [0.1, 0.15) is 43.7 Å². The summed E-state index contributed by atoms with van der Waals surface area (Å²) in [6.07, 6.45) is 5.74. The van der Waals surface area contributed by atoms with Crippen molar-refractivity contribution in [1.82, 2.24) is 20.1 Å². The summed E-state index contributed by atoms with van der Waals surface area (Å²) in [5.41, 5.74) is 1.86. The van der Waals surface area contributed by atoms with E-state index in [2.05, 4.69) is 20.1 Å². The van der Waals surface area contributed by atoms with Crippen molar-refractivity contribution in [2.45, 2.75) is 49.8 Å². The largest absolute Gasteiger partial charge is 0.493 e. The highest BCUT2D eigenvalue weighted by atomic mass is 32.2. The van der Waals surface area contributed by atoms with Crippen molar-refractivity contribution < 1.29 is 23.7 Å². The van der Waals surface area contributed by atoms with Gasteiger partial charge in [0.05, 0.1) is 20.0 Å². The second kappa shape index (κ2) is 11.1. The van der Waals surface area contributed by atoms with Crippen LogP contribution in [0.25, 0.3) is 11.4 Å². The predicted octanol–water partition coefficient (Wildman–Crippen LogP) is 4.60. The maximum atomic E-state index is 12.7. The van der Waals surface area contributed by atoms with Crippen LogP contribution in [0.15, 0.2) is 41.6 Å². The van der Waals surface area contributed by atoms with E-state index in [1.54, 1.807) is 14.2 Å². The summed E-state index contributed by atoms with van der Waals surface area (Å²) in [7, 11) is 3.24. The topological polar surface area (TPSA) is 96.7 Å². The van der Waals surface area contributed by atoms with E-state index >= 15 is 0 Å². The molecule has 0 atom stereocenters. The molecule has 36 heavy (non-hydrogen) atoms. The van der Waals surface area contributed by atoms with Crippen LogP contribution >= 0.6 is 11.8 Å². The third kappa shape index (κ3) is 5.23. The molecule has 1 saturated carbocycles. The Bertz CT molecular complexity index is 1230.